The first-order valence-corrected chi connectivity index (χ1v) is 16.2. The summed E-state index contributed by atoms with van der Waals surface area (Å²) in [5.74, 6) is 1.63. The summed E-state index contributed by atoms with van der Waals surface area (Å²) in [6.45, 7) is 5.49. The molecule has 2 aliphatic heterocycles. The lowest BCUT2D eigenvalue weighted by Gasteiger charge is -2.26. The van der Waals surface area contributed by atoms with E-state index in [0.717, 1.165) is 83.8 Å². The second-order valence-corrected chi connectivity index (χ2v) is 12.6. The van der Waals surface area contributed by atoms with Crippen LogP contribution in [0.3, 0.4) is 0 Å². The van der Waals surface area contributed by atoms with E-state index in [4.69, 9.17) is 9.97 Å². The van der Waals surface area contributed by atoms with Crippen molar-refractivity contribution in [3.63, 3.8) is 0 Å². The van der Waals surface area contributed by atoms with Gasteiger partial charge in [0.2, 0.25) is 11.8 Å². The van der Waals surface area contributed by atoms with Crippen molar-refractivity contribution in [1.82, 2.24) is 29.7 Å². The third-order valence-corrected chi connectivity index (χ3v) is 9.65. The molecule has 2 N–H and O–H groups in total. The van der Waals surface area contributed by atoms with E-state index in [0.29, 0.717) is 6.42 Å². The minimum Gasteiger partial charge on any atom is -0.344 e. The Kier molecular flexibility index (Phi) is 7.96. The molecule has 3 aromatic carbocycles. The van der Waals surface area contributed by atoms with Gasteiger partial charge in [0.25, 0.3) is 0 Å². The number of likely N-dealkylation sites (tertiary alicyclic amines) is 2. The molecule has 45 heavy (non-hydrogen) atoms. The van der Waals surface area contributed by atoms with Crippen LogP contribution in [-0.2, 0) is 16.0 Å². The van der Waals surface area contributed by atoms with Crippen LogP contribution in [0.5, 0.6) is 0 Å². The van der Waals surface area contributed by atoms with Crippen LogP contribution in [-0.4, -0.2) is 54.6 Å². The van der Waals surface area contributed by atoms with Crippen molar-refractivity contribution in [3.05, 3.63) is 119 Å². The van der Waals surface area contributed by atoms with Crippen molar-refractivity contribution in [2.75, 3.05) is 13.1 Å². The summed E-state index contributed by atoms with van der Waals surface area (Å²) in [7, 11) is 0. The van der Waals surface area contributed by atoms with Gasteiger partial charge in [-0.05, 0) is 68.4 Å². The highest BCUT2D eigenvalue weighted by Gasteiger charge is 2.36. The summed E-state index contributed by atoms with van der Waals surface area (Å²) in [6, 6.07) is 26.2. The number of benzene rings is 3. The topological polar surface area (TPSA) is 98.0 Å². The van der Waals surface area contributed by atoms with Gasteiger partial charge in [-0.15, -0.1) is 0 Å². The van der Waals surface area contributed by atoms with Crippen LogP contribution in [0.25, 0.3) is 11.0 Å². The molecule has 0 unspecified atom stereocenters. The average molecular weight is 601 g/mol. The highest BCUT2D eigenvalue weighted by Crippen LogP contribution is 2.35. The Morgan fingerprint density at radius 1 is 0.778 bits per heavy atom. The maximum absolute atomic E-state index is 13.5. The van der Waals surface area contributed by atoms with Crippen LogP contribution in [0.1, 0.15) is 97.5 Å². The fourth-order valence-corrected chi connectivity index (χ4v) is 7.09. The molecule has 8 nitrogen and oxygen atoms in total. The Morgan fingerprint density at radius 2 is 1.36 bits per heavy atom. The Labute approximate surface area is 263 Å². The fraction of sp³-hybridized carbons (Fsp3) is 0.351. The predicted octanol–water partition coefficient (Wildman–Crippen LogP) is 6.81. The summed E-state index contributed by atoms with van der Waals surface area (Å²) in [6.07, 6.45) is 6.34. The lowest BCUT2D eigenvalue weighted by Crippen LogP contribution is -2.34. The van der Waals surface area contributed by atoms with Crippen molar-refractivity contribution in [2.24, 2.45) is 0 Å². The lowest BCUT2D eigenvalue weighted by atomic mass is 9.99. The van der Waals surface area contributed by atoms with Gasteiger partial charge in [0.05, 0.1) is 35.0 Å². The summed E-state index contributed by atoms with van der Waals surface area (Å²) in [4.78, 5) is 47.7. The van der Waals surface area contributed by atoms with Gasteiger partial charge in [0.15, 0.2) is 0 Å². The van der Waals surface area contributed by atoms with Gasteiger partial charge in [0, 0.05) is 31.4 Å². The number of nitrogens with one attached hydrogen (secondary N) is 2. The van der Waals surface area contributed by atoms with Crippen LogP contribution in [0, 0.1) is 0 Å². The number of imidazole rings is 2. The minimum absolute atomic E-state index is 0.0320. The van der Waals surface area contributed by atoms with Crippen LogP contribution in [0.2, 0.25) is 0 Å². The molecule has 0 bridgehead atoms. The van der Waals surface area contributed by atoms with Crippen LogP contribution >= 0.6 is 0 Å². The molecule has 2 aromatic heterocycles. The number of fused-ring (bicyclic) bond motifs is 1. The molecule has 0 radical (unpaired) electrons. The third kappa shape index (κ3) is 5.77. The van der Waals surface area contributed by atoms with E-state index < -0.39 is 0 Å². The molecule has 5 aromatic rings. The third-order valence-electron chi connectivity index (χ3n) is 9.65. The maximum Gasteiger partial charge on any atom is 0.230 e. The molecule has 8 heteroatoms. The average Bonchev–Trinajstić information content (AvgIpc) is 3.90. The van der Waals surface area contributed by atoms with Crippen molar-refractivity contribution >= 4 is 22.8 Å². The number of hydrogen-bond acceptors (Lipinski definition) is 4. The number of hydrogen-bond donors (Lipinski definition) is 2. The molecule has 0 spiro atoms. The maximum atomic E-state index is 13.5. The number of nitrogens with zero attached hydrogens (tertiary/aromatic N) is 4. The Bertz CT molecular complexity index is 1800. The molecule has 4 heterocycles. The zero-order valence-corrected chi connectivity index (χ0v) is 25.9. The molecule has 0 aliphatic carbocycles. The molecule has 230 valence electrons. The summed E-state index contributed by atoms with van der Waals surface area (Å²) >= 11 is 0. The zero-order chi connectivity index (χ0) is 30.9. The molecule has 2 amide bonds. The van der Waals surface area contributed by atoms with Crippen molar-refractivity contribution in [2.45, 2.75) is 69.9 Å². The first kappa shape index (κ1) is 29.0. The number of rotatable bonds is 8. The second kappa shape index (κ2) is 12.3. The first-order valence-electron chi connectivity index (χ1n) is 16.2. The molecule has 2 aliphatic rings. The van der Waals surface area contributed by atoms with E-state index in [2.05, 4.69) is 28.2 Å². The predicted molar refractivity (Wildman–Crippen MR) is 175 cm³/mol. The second-order valence-electron chi connectivity index (χ2n) is 12.6. The van der Waals surface area contributed by atoms with Crippen LogP contribution in [0.15, 0.2) is 85.1 Å². The Hall–Kier alpha value is -4.72. The SMILES string of the molecule is C[C@@H](C(=O)N1CCC[C@H]1c1ncc(Cc2ccc3[nH]c([C@@H]4CCCN4C(=O)[C@H](C)c4ccccc4)nc3c2)[nH]1)c1ccccc1. The van der Waals surface area contributed by atoms with Gasteiger partial charge in [-0.25, -0.2) is 9.97 Å². The zero-order valence-electron chi connectivity index (χ0n) is 25.9. The number of H-pyrrole nitrogens is 2. The molecule has 0 saturated carbocycles. The van der Waals surface area contributed by atoms with E-state index >= 15 is 0 Å². The van der Waals surface area contributed by atoms with E-state index in [1.807, 2.05) is 90.5 Å². The summed E-state index contributed by atoms with van der Waals surface area (Å²) < 4.78 is 0. The lowest BCUT2D eigenvalue weighted by molar-refractivity contribution is -0.134. The highest BCUT2D eigenvalue weighted by atomic mass is 16.2. The summed E-state index contributed by atoms with van der Waals surface area (Å²) in [5, 5.41) is 0. The van der Waals surface area contributed by atoms with E-state index in [9.17, 15) is 9.59 Å². The van der Waals surface area contributed by atoms with Crippen LogP contribution < -0.4 is 0 Å². The minimum atomic E-state index is -0.191. The van der Waals surface area contributed by atoms with E-state index in [1.54, 1.807) is 0 Å². The highest BCUT2D eigenvalue weighted by molar-refractivity contribution is 5.85. The standard InChI is InChI=1S/C37H40N6O2/c1-24(27-11-5-3-6-12-27)36(44)42-19-9-15-32(42)34-38-23-29(39-34)21-26-17-18-30-31(22-26)41-35(40-30)33-16-10-20-43(33)37(45)25(2)28-13-7-4-8-14-28/h3-8,11-14,17-18,22-25,32-33H,9-10,15-16,19-21H2,1-2H3,(H,38,39)(H,40,41)/t24-,25-,32+,33+/m1/s1. The molecular weight excluding hydrogens is 560 g/mol. The number of amides is 2. The number of carbonyl (C=O) groups is 2. The Morgan fingerprint density at radius 3 is 1.96 bits per heavy atom. The monoisotopic (exact) mass is 600 g/mol. The Balaban J connectivity index is 1.04. The van der Waals surface area contributed by atoms with E-state index in [-0.39, 0.29) is 35.7 Å². The molecular formula is C37H40N6O2. The molecule has 2 fully saturated rings. The van der Waals surface area contributed by atoms with Gasteiger partial charge in [-0.3, -0.25) is 9.59 Å². The molecule has 4 atom stereocenters. The van der Waals surface area contributed by atoms with Crippen molar-refractivity contribution < 1.29 is 9.59 Å². The number of aromatic nitrogens is 4. The molecule has 2 saturated heterocycles. The largest absolute Gasteiger partial charge is 0.344 e. The van der Waals surface area contributed by atoms with Gasteiger partial charge in [-0.1, -0.05) is 66.7 Å². The first-order chi connectivity index (χ1) is 22.0. The van der Waals surface area contributed by atoms with Gasteiger partial charge in [0.1, 0.15) is 11.6 Å². The van der Waals surface area contributed by atoms with Crippen LogP contribution in [0.4, 0.5) is 0 Å². The smallest absolute Gasteiger partial charge is 0.230 e. The van der Waals surface area contributed by atoms with Gasteiger partial charge in [-0.2, -0.15) is 0 Å². The van der Waals surface area contributed by atoms with Crippen molar-refractivity contribution in [3.8, 4) is 0 Å². The fourth-order valence-electron chi connectivity index (χ4n) is 7.09. The number of carbonyl (C=O) groups excluding carboxylic acids is 2. The van der Waals surface area contributed by atoms with Gasteiger partial charge < -0.3 is 19.8 Å². The molecule has 7 rings (SSSR count). The summed E-state index contributed by atoms with van der Waals surface area (Å²) in [5.41, 5.74) is 6.10. The normalized spacial score (nSPS) is 19.7. The number of aromatic amines is 2. The van der Waals surface area contributed by atoms with Gasteiger partial charge >= 0.3 is 0 Å². The quantitative estimate of drug-likeness (QED) is 0.204. The van der Waals surface area contributed by atoms with E-state index in [1.165, 1.54) is 0 Å². The van der Waals surface area contributed by atoms with Crippen molar-refractivity contribution in [1.29, 1.82) is 0 Å².